The van der Waals surface area contributed by atoms with E-state index in [0.717, 1.165) is 0 Å². The van der Waals surface area contributed by atoms with Crippen molar-refractivity contribution in [1.29, 1.82) is 0 Å². The minimum atomic E-state index is -0.791. The van der Waals surface area contributed by atoms with Crippen molar-refractivity contribution in [3.8, 4) is 0 Å². The minimum absolute atomic E-state index is 0.154. The van der Waals surface area contributed by atoms with E-state index in [4.69, 9.17) is 30.2 Å². The average molecular weight is 403 g/mol. The largest absolute Gasteiger partial charge is 0.464 e. The molecule has 0 unspecified atom stereocenters. The minimum Gasteiger partial charge on any atom is -0.464 e. The zero-order valence-electron chi connectivity index (χ0n) is 16.8. The number of hydrogen-bond acceptors (Lipinski definition) is 8. The number of nitrogens with two attached hydrogens (primary N) is 1. The molecule has 162 valence electrons. The van der Waals surface area contributed by atoms with Crippen molar-refractivity contribution in [2.75, 3.05) is 59.3 Å². The summed E-state index contributed by atoms with van der Waals surface area (Å²) in [6.07, 6.45) is 0.392. The van der Waals surface area contributed by atoms with Gasteiger partial charge in [-0.2, -0.15) is 0 Å². The van der Waals surface area contributed by atoms with E-state index in [1.165, 1.54) is 0 Å². The molecule has 0 rings (SSSR count). The third kappa shape index (κ3) is 17.5. The van der Waals surface area contributed by atoms with Crippen LogP contribution in [0.5, 0.6) is 0 Å². The molecular weight excluding hydrogens is 370 g/mol. The van der Waals surface area contributed by atoms with Gasteiger partial charge in [0.15, 0.2) is 0 Å². The lowest BCUT2D eigenvalue weighted by atomic mass is 10.1. The Morgan fingerprint density at radius 1 is 1.07 bits per heavy atom. The van der Waals surface area contributed by atoms with Crippen LogP contribution in [0.3, 0.4) is 0 Å². The van der Waals surface area contributed by atoms with E-state index < -0.39 is 12.0 Å². The Kier molecular flexibility index (Phi) is 17.2. The molecule has 0 aromatic carbocycles. The maximum Gasteiger partial charge on any atom is 0.322 e. The lowest BCUT2D eigenvalue weighted by Gasteiger charge is -2.13. The number of esters is 1. The monoisotopic (exact) mass is 403 g/mol. The standard InChI is InChI=1S/C17H33N5O6/c1-14(2)13-28-17(24)15(18)3-4-16(23)20-5-7-25-9-11-27-12-10-26-8-6-21-22-19/h14-15H,3-13,18H2,1-2H3,(H,20,23)/t15-/m0/s1. The first-order valence-corrected chi connectivity index (χ1v) is 9.40. The zero-order valence-corrected chi connectivity index (χ0v) is 16.8. The van der Waals surface area contributed by atoms with Crippen molar-refractivity contribution in [3.63, 3.8) is 0 Å². The van der Waals surface area contributed by atoms with E-state index in [1.807, 2.05) is 13.8 Å². The average Bonchev–Trinajstić information content (AvgIpc) is 2.67. The number of nitrogens with one attached hydrogen (secondary N) is 1. The second-order valence-electron chi connectivity index (χ2n) is 6.31. The van der Waals surface area contributed by atoms with E-state index in [1.54, 1.807) is 0 Å². The van der Waals surface area contributed by atoms with Gasteiger partial charge in [0, 0.05) is 24.4 Å². The number of azide groups is 1. The zero-order chi connectivity index (χ0) is 21.0. The van der Waals surface area contributed by atoms with Gasteiger partial charge in [0.25, 0.3) is 0 Å². The summed E-state index contributed by atoms with van der Waals surface area (Å²) in [7, 11) is 0. The number of ether oxygens (including phenoxy) is 4. The fraction of sp³-hybridized carbons (Fsp3) is 0.882. The van der Waals surface area contributed by atoms with Crippen molar-refractivity contribution < 1.29 is 28.5 Å². The summed E-state index contributed by atoms with van der Waals surface area (Å²) in [6, 6.07) is -0.791. The first-order valence-electron chi connectivity index (χ1n) is 9.40. The lowest BCUT2D eigenvalue weighted by molar-refractivity contribution is -0.146. The molecule has 1 atom stereocenters. The van der Waals surface area contributed by atoms with Crippen molar-refractivity contribution in [3.05, 3.63) is 10.4 Å². The molecular formula is C17H33N5O6. The van der Waals surface area contributed by atoms with E-state index >= 15 is 0 Å². The topological polar surface area (TPSA) is 158 Å². The Hall–Kier alpha value is -1.91. The van der Waals surface area contributed by atoms with Crippen LogP contribution >= 0.6 is 0 Å². The molecule has 0 saturated heterocycles. The summed E-state index contributed by atoms with van der Waals surface area (Å²) in [6.45, 7) is 7.27. The molecule has 11 nitrogen and oxygen atoms in total. The molecule has 1 amide bonds. The summed E-state index contributed by atoms with van der Waals surface area (Å²) in [5, 5.41) is 6.03. The Morgan fingerprint density at radius 2 is 1.68 bits per heavy atom. The van der Waals surface area contributed by atoms with Crippen molar-refractivity contribution in [2.45, 2.75) is 32.7 Å². The molecule has 0 bridgehead atoms. The van der Waals surface area contributed by atoms with Crippen LogP contribution in [0, 0.1) is 5.92 Å². The first-order chi connectivity index (χ1) is 13.5. The second kappa shape index (κ2) is 18.5. The molecule has 0 aromatic rings. The fourth-order valence-corrected chi connectivity index (χ4v) is 1.80. The number of nitrogens with zero attached hydrogens (tertiary/aromatic N) is 3. The first kappa shape index (κ1) is 26.1. The molecule has 0 radical (unpaired) electrons. The Bertz CT molecular complexity index is 471. The molecule has 0 heterocycles. The van der Waals surface area contributed by atoms with Gasteiger partial charge in [-0.15, -0.1) is 0 Å². The van der Waals surface area contributed by atoms with Crippen molar-refractivity contribution in [1.82, 2.24) is 5.32 Å². The molecule has 0 spiro atoms. The number of carbonyl (C=O) groups is 2. The van der Waals surface area contributed by atoms with Crippen LogP contribution in [0.4, 0.5) is 0 Å². The molecule has 0 aliphatic rings. The van der Waals surface area contributed by atoms with Crippen LogP contribution in [0.2, 0.25) is 0 Å². The highest BCUT2D eigenvalue weighted by molar-refractivity contribution is 5.79. The van der Waals surface area contributed by atoms with Gasteiger partial charge in [-0.05, 0) is 17.9 Å². The van der Waals surface area contributed by atoms with E-state index in [2.05, 4.69) is 15.3 Å². The van der Waals surface area contributed by atoms with Gasteiger partial charge in [0.1, 0.15) is 6.04 Å². The summed E-state index contributed by atoms with van der Waals surface area (Å²) in [4.78, 5) is 25.9. The maximum atomic E-state index is 11.7. The van der Waals surface area contributed by atoms with Gasteiger partial charge in [-0.1, -0.05) is 19.0 Å². The second-order valence-corrected chi connectivity index (χ2v) is 6.31. The summed E-state index contributed by atoms with van der Waals surface area (Å²) >= 11 is 0. The highest BCUT2D eigenvalue weighted by atomic mass is 16.5. The quantitative estimate of drug-likeness (QED) is 0.112. The molecule has 0 aromatic heterocycles. The van der Waals surface area contributed by atoms with Gasteiger partial charge in [-0.3, -0.25) is 9.59 Å². The molecule has 0 fully saturated rings. The molecule has 11 heteroatoms. The highest BCUT2D eigenvalue weighted by Gasteiger charge is 2.16. The van der Waals surface area contributed by atoms with Crippen molar-refractivity contribution >= 4 is 11.9 Å². The number of carbonyl (C=O) groups excluding carboxylic acids is 2. The number of hydrogen-bond donors (Lipinski definition) is 2. The number of rotatable bonds is 18. The third-order valence-corrected chi connectivity index (χ3v) is 3.26. The normalized spacial score (nSPS) is 11.7. The van der Waals surface area contributed by atoms with Crippen LogP contribution in [0.25, 0.3) is 10.4 Å². The van der Waals surface area contributed by atoms with E-state index in [9.17, 15) is 9.59 Å². The smallest absolute Gasteiger partial charge is 0.322 e. The molecule has 28 heavy (non-hydrogen) atoms. The van der Waals surface area contributed by atoms with Crippen LogP contribution < -0.4 is 11.1 Å². The van der Waals surface area contributed by atoms with Gasteiger partial charge < -0.3 is 30.0 Å². The highest BCUT2D eigenvalue weighted by Crippen LogP contribution is 2.00. The predicted octanol–water partition coefficient (Wildman–Crippen LogP) is 0.769. The van der Waals surface area contributed by atoms with Crippen molar-refractivity contribution in [2.24, 2.45) is 16.8 Å². The van der Waals surface area contributed by atoms with Gasteiger partial charge in [0.2, 0.25) is 5.91 Å². The maximum absolute atomic E-state index is 11.7. The third-order valence-electron chi connectivity index (χ3n) is 3.26. The van der Waals surface area contributed by atoms with Gasteiger partial charge >= 0.3 is 5.97 Å². The molecule has 0 aliphatic carbocycles. The lowest BCUT2D eigenvalue weighted by Crippen LogP contribution is -2.35. The molecule has 0 aliphatic heterocycles. The van der Waals surface area contributed by atoms with Gasteiger partial charge in [0.05, 0.1) is 46.2 Å². The summed E-state index contributed by atoms with van der Waals surface area (Å²) in [5.41, 5.74) is 13.8. The Morgan fingerprint density at radius 3 is 2.29 bits per heavy atom. The van der Waals surface area contributed by atoms with Crippen LogP contribution in [0.1, 0.15) is 26.7 Å². The summed E-state index contributed by atoms with van der Waals surface area (Å²) in [5.74, 6) is -0.427. The Labute approximate surface area is 165 Å². The Balaban J connectivity index is 3.43. The fourth-order valence-electron chi connectivity index (χ4n) is 1.80. The van der Waals surface area contributed by atoms with Crippen LogP contribution in [-0.4, -0.2) is 77.3 Å². The van der Waals surface area contributed by atoms with Crippen LogP contribution in [0.15, 0.2) is 5.11 Å². The molecule has 3 N–H and O–H groups in total. The molecule has 0 saturated carbocycles. The van der Waals surface area contributed by atoms with E-state index in [-0.39, 0.29) is 24.7 Å². The van der Waals surface area contributed by atoms with E-state index in [0.29, 0.717) is 59.3 Å². The van der Waals surface area contributed by atoms with Crippen LogP contribution in [-0.2, 0) is 28.5 Å². The van der Waals surface area contributed by atoms with Gasteiger partial charge in [-0.25, -0.2) is 0 Å². The summed E-state index contributed by atoms with van der Waals surface area (Å²) < 4.78 is 20.8. The SMILES string of the molecule is CC(C)COC(=O)[C@@H](N)CCC(=O)NCCOCCOCCOCCN=[N+]=[N-]. The number of amides is 1. The predicted molar refractivity (Wildman–Crippen MR) is 102 cm³/mol.